The Morgan fingerprint density at radius 1 is 1.14 bits per heavy atom. The second-order valence-corrected chi connectivity index (χ2v) is 6.29. The van der Waals surface area contributed by atoms with Crippen molar-refractivity contribution < 1.29 is 0 Å². The van der Waals surface area contributed by atoms with Crippen molar-refractivity contribution in [1.82, 2.24) is 15.1 Å². The fourth-order valence-corrected chi connectivity index (χ4v) is 2.83. The number of halogens is 2. The van der Waals surface area contributed by atoms with E-state index in [-0.39, 0.29) is 6.04 Å². The van der Waals surface area contributed by atoms with Crippen LogP contribution >= 0.6 is 23.2 Å². The van der Waals surface area contributed by atoms with Crippen LogP contribution in [-0.4, -0.2) is 22.9 Å². The first-order valence-electron chi connectivity index (χ1n) is 7.15. The molecule has 1 aromatic heterocycles. The fraction of sp³-hybridized carbons (Fsp3) is 0.438. The third kappa shape index (κ3) is 4.22. The summed E-state index contributed by atoms with van der Waals surface area (Å²) in [7, 11) is 1.95. The predicted octanol–water partition coefficient (Wildman–Crippen LogP) is 4.14. The Balaban J connectivity index is 2.09. The van der Waals surface area contributed by atoms with E-state index in [0.29, 0.717) is 6.04 Å². The molecule has 1 aromatic carbocycles. The van der Waals surface area contributed by atoms with Crippen LogP contribution in [-0.2, 0) is 12.8 Å². The maximum atomic E-state index is 6.25. The summed E-state index contributed by atoms with van der Waals surface area (Å²) in [5, 5.41) is 9.36. The van der Waals surface area contributed by atoms with Gasteiger partial charge < -0.3 is 5.32 Å². The maximum Gasteiger partial charge on any atom is 0.0640 e. The molecule has 0 aliphatic heterocycles. The van der Waals surface area contributed by atoms with Crippen molar-refractivity contribution in [2.75, 3.05) is 7.05 Å². The minimum atomic E-state index is 0.248. The van der Waals surface area contributed by atoms with Crippen LogP contribution in [0.1, 0.15) is 31.1 Å². The van der Waals surface area contributed by atoms with Gasteiger partial charge >= 0.3 is 0 Å². The zero-order valence-electron chi connectivity index (χ0n) is 12.6. The van der Waals surface area contributed by atoms with Gasteiger partial charge in [0.15, 0.2) is 0 Å². The number of benzene rings is 1. The summed E-state index contributed by atoms with van der Waals surface area (Å²) in [6.45, 7) is 4.24. The van der Waals surface area contributed by atoms with Crippen LogP contribution in [0.15, 0.2) is 30.5 Å². The Morgan fingerprint density at radius 2 is 1.81 bits per heavy atom. The first-order chi connectivity index (χ1) is 10.0. The highest BCUT2D eigenvalue weighted by Gasteiger charge is 2.15. The summed E-state index contributed by atoms with van der Waals surface area (Å²) in [5.74, 6) is 0. The summed E-state index contributed by atoms with van der Waals surface area (Å²) in [6.07, 6.45) is 3.65. The number of aromatic nitrogens is 2. The number of hydrogen-bond donors (Lipinski definition) is 1. The monoisotopic (exact) mass is 325 g/mol. The average molecular weight is 326 g/mol. The van der Waals surface area contributed by atoms with Gasteiger partial charge in [-0.15, -0.1) is 0 Å². The van der Waals surface area contributed by atoms with Gasteiger partial charge in [-0.25, -0.2) is 0 Å². The molecule has 114 valence electrons. The topological polar surface area (TPSA) is 29.9 Å². The van der Waals surface area contributed by atoms with Gasteiger partial charge in [-0.3, -0.25) is 4.68 Å². The smallest absolute Gasteiger partial charge is 0.0640 e. The van der Waals surface area contributed by atoms with Gasteiger partial charge in [0, 0.05) is 34.7 Å². The van der Waals surface area contributed by atoms with Gasteiger partial charge in [0.25, 0.3) is 0 Å². The molecule has 0 saturated carbocycles. The molecule has 0 fully saturated rings. The van der Waals surface area contributed by atoms with Gasteiger partial charge in [-0.2, -0.15) is 5.10 Å². The summed E-state index contributed by atoms with van der Waals surface area (Å²) in [5.41, 5.74) is 2.06. The predicted molar refractivity (Wildman–Crippen MR) is 89.3 cm³/mol. The molecular formula is C16H21Cl2N3. The summed E-state index contributed by atoms with van der Waals surface area (Å²) in [4.78, 5) is 0. The largest absolute Gasteiger partial charge is 0.316 e. The second-order valence-electron chi connectivity index (χ2n) is 5.47. The van der Waals surface area contributed by atoms with Crippen LogP contribution in [0.2, 0.25) is 10.0 Å². The Kier molecular flexibility index (Phi) is 5.68. The molecule has 0 aliphatic carbocycles. The van der Waals surface area contributed by atoms with Crippen LogP contribution in [0.25, 0.3) is 0 Å². The highest BCUT2D eigenvalue weighted by Crippen LogP contribution is 2.26. The highest BCUT2D eigenvalue weighted by atomic mass is 35.5. The van der Waals surface area contributed by atoms with E-state index in [9.17, 15) is 0 Å². The quantitative estimate of drug-likeness (QED) is 0.864. The molecule has 0 bridgehead atoms. The van der Waals surface area contributed by atoms with E-state index in [1.54, 1.807) is 0 Å². The Bertz CT molecular complexity index is 573. The molecule has 21 heavy (non-hydrogen) atoms. The van der Waals surface area contributed by atoms with Gasteiger partial charge in [-0.05, 0) is 51.1 Å². The van der Waals surface area contributed by atoms with E-state index < -0.39 is 0 Å². The number of rotatable bonds is 6. The fourth-order valence-electron chi connectivity index (χ4n) is 2.28. The summed E-state index contributed by atoms with van der Waals surface area (Å²) >= 11 is 12.5. The standard InChI is InChI=1S/C16H21Cl2N3/c1-11(2)21-8-7-12(20-21)9-13(19-3)10-14-15(17)5-4-6-16(14)18/h4-8,11,13,19H,9-10H2,1-3H3. The van der Waals surface area contributed by atoms with Gasteiger partial charge in [0.1, 0.15) is 0 Å². The van der Waals surface area contributed by atoms with Crippen molar-refractivity contribution in [2.45, 2.75) is 38.8 Å². The molecule has 0 radical (unpaired) electrons. The van der Waals surface area contributed by atoms with Crippen molar-refractivity contribution >= 4 is 23.2 Å². The Morgan fingerprint density at radius 3 is 2.33 bits per heavy atom. The normalized spacial score (nSPS) is 12.9. The summed E-state index contributed by atoms with van der Waals surface area (Å²) < 4.78 is 1.98. The van der Waals surface area contributed by atoms with E-state index in [1.165, 1.54) is 0 Å². The lowest BCUT2D eigenvalue weighted by Gasteiger charge is -2.17. The summed E-state index contributed by atoms with van der Waals surface area (Å²) in [6, 6.07) is 8.32. The van der Waals surface area contributed by atoms with Crippen molar-refractivity contribution in [2.24, 2.45) is 0 Å². The molecule has 1 unspecified atom stereocenters. The molecule has 0 amide bonds. The Hall–Kier alpha value is -1.03. The SMILES string of the molecule is CNC(Cc1ccn(C(C)C)n1)Cc1c(Cl)cccc1Cl. The van der Waals surface area contributed by atoms with Crippen molar-refractivity contribution in [3.8, 4) is 0 Å². The molecule has 5 heteroatoms. The molecule has 0 spiro atoms. The highest BCUT2D eigenvalue weighted by molar-refractivity contribution is 6.36. The van der Waals surface area contributed by atoms with Crippen LogP contribution in [0.4, 0.5) is 0 Å². The Labute approximate surface area is 136 Å². The van der Waals surface area contributed by atoms with Gasteiger partial charge in [0.05, 0.1) is 5.69 Å². The second kappa shape index (κ2) is 7.30. The van der Waals surface area contributed by atoms with Crippen LogP contribution in [0.5, 0.6) is 0 Å². The number of nitrogens with one attached hydrogen (secondary N) is 1. The molecule has 2 aromatic rings. The van der Waals surface area contributed by atoms with Crippen molar-refractivity contribution in [1.29, 1.82) is 0 Å². The van der Waals surface area contributed by atoms with E-state index in [1.807, 2.05) is 36.1 Å². The zero-order chi connectivity index (χ0) is 15.4. The third-order valence-electron chi connectivity index (χ3n) is 3.57. The molecular weight excluding hydrogens is 305 g/mol. The molecule has 1 atom stereocenters. The van der Waals surface area contributed by atoms with E-state index in [4.69, 9.17) is 23.2 Å². The lowest BCUT2D eigenvalue weighted by molar-refractivity contribution is 0.508. The molecule has 3 nitrogen and oxygen atoms in total. The van der Waals surface area contributed by atoms with Crippen LogP contribution < -0.4 is 5.32 Å². The van der Waals surface area contributed by atoms with Crippen molar-refractivity contribution in [3.05, 3.63) is 51.8 Å². The molecule has 1 N–H and O–H groups in total. The number of hydrogen-bond acceptors (Lipinski definition) is 2. The maximum absolute atomic E-state index is 6.25. The molecule has 1 heterocycles. The number of likely N-dealkylation sites (N-methyl/N-ethyl adjacent to an activating group) is 1. The first-order valence-corrected chi connectivity index (χ1v) is 7.91. The first kappa shape index (κ1) is 16.3. The van der Waals surface area contributed by atoms with E-state index in [2.05, 4.69) is 30.3 Å². The van der Waals surface area contributed by atoms with Gasteiger partial charge in [0.2, 0.25) is 0 Å². The minimum Gasteiger partial charge on any atom is -0.316 e. The number of nitrogens with zero attached hydrogens (tertiary/aromatic N) is 2. The lowest BCUT2D eigenvalue weighted by Crippen LogP contribution is -2.30. The van der Waals surface area contributed by atoms with E-state index in [0.717, 1.165) is 34.1 Å². The third-order valence-corrected chi connectivity index (χ3v) is 4.28. The average Bonchev–Trinajstić information content (AvgIpc) is 2.90. The van der Waals surface area contributed by atoms with E-state index >= 15 is 0 Å². The lowest BCUT2D eigenvalue weighted by atomic mass is 10.0. The molecule has 0 aliphatic rings. The van der Waals surface area contributed by atoms with Crippen molar-refractivity contribution in [3.63, 3.8) is 0 Å². The van der Waals surface area contributed by atoms with Gasteiger partial charge in [-0.1, -0.05) is 29.3 Å². The van der Waals surface area contributed by atoms with Crippen LogP contribution in [0, 0.1) is 0 Å². The minimum absolute atomic E-state index is 0.248. The van der Waals surface area contributed by atoms with Crippen LogP contribution in [0.3, 0.4) is 0 Å². The molecule has 2 rings (SSSR count). The molecule has 0 saturated heterocycles. The zero-order valence-corrected chi connectivity index (χ0v) is 14.1.